The van der Waals surface area contributed by atoms with Gasteiger partial charge in [-0.2, -0.15) is 0 Å². The van der Waals surface area contributed by atoms with Crippen LogP contribution in [0.1, 0.15) is 42.1 Å². The summed E-state index contributed by atoms with van der Waals surface area (Å²) < 4.78 is 5.33. The summed E-state index contributed by atoms with van der Waals surface area (Å²) in [6.07, 6.45) is 1.95. The molecule has 0 saturated carbocycles. The number of ether oxygens (including phenoxy) is 1. The molecule has 2 N–H and O–H groups in total. The van der Waals surface area contributed by atoms with Crippen LogP contribution in [0.3, 0.4) is 0 Å². The zero-order chi connectivity index (χ0) is 22.9. The molecule has 0 aromatic heterocycles. The molecule has 1 aliphatic heterocycles. The van der Waals surface area contributed by atoms with Crippen LogP contribution < -0.4 is 15.4 Å². The predicted molar refractivity (Wildman–Crippen MR) is 122 cm³/mol. The van der Waals surface area contributed by atoms with Gasteiger partial charge in [0.1, 0.15) is 5.75 Å². The number of benzene rings is 2. The summed E-state index contributed by atoms with van der Waals surface area (Å²) in [7, 11) is 1.60. The molecule has 2 aromatic rings. The first-order valence-corrected chi connectivity index (χ1v) is 11.0. The highest BCUT2D eigenvalue weighted by atomic mass is 16.5. The number of hydrogen-bond donors (Lipinski definition) is 2. The maximum absolute atomic E-state index is 12.7. The van der Waals surface area contributed by atoms with Gasteiger partial charge in [0.25, 0.3) is 5.91 Å². The van der Waals surface area contributed by atoms with Crippen LogP contribution in [0, 0.1) is 0 Å². The van der Waals surface area contributed by atoms with Gasteiger partial charge >= 0.3 is 0 Å². The summed E-state index contributed by atoms with van der Waals surface area (Å²) in [6, 6.07) is 16.3. The van der Waals surface area contributed by atoms with Gasteiger partial charge in [0.15, 0.2) is 0 Å². The van der Waals surface area contributed by atoms with Crippen molar-refractivity contribution in [2.75, 3.05) is 20.2 Å². The van der Waals surface area contributed by atoms with Crippen LogP contribution >= 0.6 is 0 Å². The van der Waals surface area contributed by atoms with Crippen LogP contribution in [0.5, 0.6) is 5.75 Å². The quantitative estimate of drug-likeness (QED) is 0.664. The Morgan fingerprint density at radius 1 is 1.03 bits per heavy atom. The summed E-state index contributed by atoms with van der Waals surface area (Å²) >= 11 is 0. The first kappa shape index (κ1) is 23.3. The van der Waals surface area contributed by atoms with Crippen LogP contribution in [0.4, 0.5) is 0 Å². The number of carbonyl (C=O) groups excluding carboxylic acids is 3. The average Bonchev–Trinajstić information content (AvgIpc) is 2.80. The van der Waals surface area contributed by atoms with Gasteiger partial charge in [-0.25, -0.2) is 0 Å². The lowest BCUT2D eigenvalue weighted by molar-refractivity contribution is -0.131. The fraction of sp³-hybridized carbons (Fsp3) is 0.400. The SMILES string of the molecule is COc1ccccc1CC(=O)N1CCC(NC(=O)CC(C)NC(=O)c2ccccc2)CC1. The summed E-state index contributed by atoms with van der Waals surface area (Å²) in [4.78, 5) is 39.1. The van der Waals surface area contributed by atoms with Crippen LogP contribution in [0.25, 0.3) is 0 Å². The Balaban J connectivity index is 1.40. The maximum Gasteiger partial charge on any atom is 0.251 e. The van der Waals surface area contributed by atoms with Gasteiger partial charge in [0, 0.05) is 42.7 Å². The van der Waals surface area contributed by atoms with E-state index in [0.29, 0.717) is 37.9 Å². The molecular weight excluding hydrogens is 406 g/mol. The number of carbonyl (C=O) groups is 3. The highest BCUT2D eigenvalue weighted by Crippen LogP contribution is 2.20. The van der Waals surface area contributed by atoms with Crippen molar-refractivity contribution in [1.29, 1.82) is 0 Å². The summed E-state index contributed by atoms with van der Waals surface area (Å²) in [5.41, 5.74) is 1.45. The lowest BCUT2D eigenvalue weighted by atomic mass is 10.0. The van der Waals surface area contributed by atoms with Gasteiger partial charge in [-0.1, -0.05) is 36.4 Å². The molecular formula is C25H31N3O4. The van der Waals surface area contributed by atoms with Crippen molar-refractivity contribution >= 4 is 17.7 Å². The van der Waals surface area contributed by atoms with Gasteiger partial charge in [0.05, 0.1) is 13.5 Å². The zero-order valence-corrected chi connectivity index (χ0v) is 18.7. The largest absolute Gasteiger partial charge is 0.496 e. The first-order chi connectivity index (χ1) is 15.5. The lowest BCUT2D eigenvalue weighted by Gasteiger charge is -2.32. The number of hydrogen-bond acceptors (Lipinski definition) is 4. The Kier molecular flexibility index (Phi) is 8.25. The normalized spacial score (nSPS) is 15.0. The molecule has 0 spiro atoms. The smallest absolute Gasteiger partial charge is 0.251 e. The van der Waals surface area contributed by atoms with E-state index in [-0.39, 0.29) is 36.2 Å². The minimum atomic E-state index is -0.273. The van der Waals surface area contributed by atoms with Crippen LogP contribution in [0.2, 0.25) is 0 Å². The molecule has 1 atom stereocenters. The maximum atomic E-state index is 12.7. The third kappa shape index (κ3) is 6.57. The summed E-state index contributed by atoms with van der Waals surface area (Å²) in [6.45, 7) is 3.04. The van der Waals surface area contributed by atoms with Crippen LogP contribution in [0.15, 0.2) is 54.6 Å². The number of nitrogens with zero attached hydrogens (tertiary/aromatic N) is 1. The molecule has 3 amide bonds. The van der Waals surface area contributed by atoms with E-state index in [4.69, 9.17) is 4.74 Å². The molecule has 0 bridgehead atoms. The van der Waals surface area contributed by atoms with Crippen molar-refractivity contribution < 1.29 is 19.1 Å². The topological polar surface area (TPSA) is 87.7 Å². The lowest BCUT2D eigenvalue weighted by Crippen LogP contribution is -2.48. The fourth-order valence-electron chi connectivity index (χ4n) is 3.91. The Morgan fingerprint density at radius 3 is 2.38 bits per heavy atom. The molecule has 1 unspecified atom stereocenters. The number of rotatable bonds is 8. The first-order valence-electron chi connectivity index (χ1n) is 11.0. The van der Waals surface area contributed by atoms with Crippen molar-refractivity contribution in [3.63, 3.8) is 0 Å². The molecule has 1 saturated heterocycles. The molecule has 1 aliphatic rings. The van der Waals surface area contributed by atoms with Gasteiger partial charge in [-0.3, -0.25) is 14.4 Å². The van der Waals surface area contributed by atoms with E-state index in [1.54, 1.807) is 31.4 Å². The second-order valence-electron chi connectivity index (χ2n) is 8.16. The van der Waals surface area contributed by atoms with E-state index >= 15 is 0 Å². The number of methoxy groups -OCH3 is 1. The predicted octanol–water partition coefficient (Wildman–Crippen LogP) is 2.55. The van der Waals surface area contributed by atoms with Crippen molar-refractivity contribution in [3.05, 3.63) is 65.7 Å². The number of nitrogens with one attached hydrogen (secondary N) is 2. The molecule has 0 radical (unpaired) electrons. The van der Waals surface area contributed by atoms with Gasteiger partial charge in [-0.05, 0) is 38.0 Å². The zero-order valence-electron chi connectivity index (χ0n) is 18.7. The molecule has 1 fully saturated rings. The number of amides is 3. The second kappa shape index (κ2) is 11.3. The van der Waals surface area contributed by atoms with E-state index < -0.39 is 0 Å². The van der Waals surface area contributed by atoms with Gasteiger partial charge in [0.2, 0.25) is 11.8 Å². The number of piperidine rings is 1. The van der Waals surface area contributed by atoms with E-state index in [2.05, 4.69) is 10.6 Å². The van der Waals surface area contributed by atoms with Crippen molar-refractivity contribution in [2.24, 2.45) is 0 Å². The second-order valence-corrected chi connectivity index (χ2v) is 8.16. The summed E-state index contributed by atoms with van der Waals surface area (Å²) in [5, 5.41) is 5.90. The average molecular weight is 438 g/mol. The molecule has 1 heterocycles. The molecule has 2 aromatic carbocycles. The Hall–Kier alpha value is -3.35. The van der Waals surface area contributed by atoms with Crippen LogP contribution in [-0.2, 0) is 16.0 Å². The molecule has 7 nitrogen and oxygen atoms in total. The van der Waals surface area contributed by atoms with E-state index in [9.17, 15) is 14.4 Å². The monoisotopic (exact) mass is 437 g/mol. The highest BCUT2D eigenvalue weighted by molar-refractivity contribution is 5.94. The van der Waals surface area contributed by atoms with Gasteiger partial charge in [-0.15, -0.1) is 0 Å². The van der Waals surface area contributed by atoms with E-state index in [1.807, 2.05) is 42.2 Å². The van der Waals surface area contributed by atoms with Gasteiger partial charge < -0.3 is 20.3 Å². The highest BCUT2D eigenvalue weighted by Gasteiger charge is 2.25. The number of para-hydroxylation sites is 1. The van der Waals surface area contributed by atoms with Crippen molar-refractivity contribution in [2.45, 2.75) is 44.7 Å². The number of likely N-dealkylation sites (tertiary alicyclic amines) is 1. The third-order valence-electron chi connectivity index (χ3n) is 5.65. The molecule has 3 rings (SSSR count). The molecule has 0 aliphatic carbocycles. The van der Waals surface area contributed by atoms with E-state index in [0.717, 1.165) is 11.3 Å². The van der Waals surface area contributed by atoms with Crippen molar-refractivity contribution in [3.8, 4) is 5.75 Å². The summed E-state index contributed by atoms with van der Waals surface area (Å²) in [5.74, 6) is 0.505. The molecule has 7 heteroatoms. The third-order valence-corrected chi connectivity index (χ3v) is 5.65. The molecule has 170 valence electrons. The molecule has 32 heavy (non-hydrogen) atoms. The Labute approximate surface area is 189 Å². The van der Waals surface area contributed by atoms with E-state index in [1.165, 1.54) is 0 Å². The minimum absolute atomic E-state index is 0.0369. The Bertz CT molecular complexity index is 924. The van der Waals surface area contributed by atoms with Crippen molar-refractivity contribution in [1.82, 2.24) is 15.5 Å². The van der Waals surface area contributed by atoms with Crippen LogP contribution in [-0.4, -0.2) is 54.9 Å². The standard InChI is InChI=1S/C25H31N3O4/c1-18(26-25(31)19-8-4-3-5-9-19)16-23(29)27-21-12-14-28(15-13-21)24(30)17-20-10-6-7-11-22(20)32-2/h3-11,18,21H,12-17H2,1-2H3,(H,26,31)(H,27,29). The minimum Gasteiger partial charge on any atom is -0.496 e. The fourth-order valence-corrected chi connectivity index (χ4v) is 3.91. The Morgan fingerprint density at radius 2 is 1.69 bits per heavy atom.